The van der Waals surface area contributed by atoms with Gasteiger partial charge in [0.05, 0.1) is 0 Å². The van der Waals surface area contributed by atoms with E-state index in [-0.39, 0.29) is 11.7 Å². The van der Waals surface area contributed by atoms with Gasteiger partial charge in [0.2, 0.25) is 0 Å². The zero-order valence-electron chi connectivity index (χ0n) is 10.5. The third-order valence-corrected chi connectivity index (χ3v) is 3.72. The highest BCUT2D eigenvalue weighted by molar-refractivity contribution is 7.98. The van der Waals surface area contributed by atoms with E-state index >= 15 is 0 Å². The molecule has 2 aromatic rings. The van der Waals surface area contributed by atoms with Crippen molar-refractivity contribution in [2.75, 3.05) is 6.26 Å². The van der Waals surface area contributed by atoms with Crippen molar-refractivity contribution in [1.29, 1.82) is 0 Å². The molecule has 1 aromatic heterocycles. The largest absolute Gasteiger partial charge is 0.294 e. The molecule has 0 aliphatic carbocycles. The van der Waals surface area contributed by atoms with Crippen LogP contribution in [-0.2, 0) is 0 Å². The van der Waals surface area contributed by atoms with Gasteiger partial charge in [-0.15, -0.1) is 11.8 Å². The second kappa shape index (κ2) is 5.83. The molecule has 0 saturated heterocycles. The molecule has 0 N–H and O–H groups in total. The van der Waals surface area contributed by atoms with Gasteiger partial charge in [0.15, 0.2) is 5.78 Å². The average molecular weight is 257 g/mol. The molecule has 18 heavy (non-hydrogen) atoms. The summed E-state index contributed by atoms with van der Waals surface area (Å²) in [6, 6.07) is 11.5. The minimum absolute atomic E-state index is 0.131. The maximum atomic E-state index is 12.3. The molecule has 1 aromatic carbocycles. The lowest BCUT2D eigenvalue weighted by Gasteiger charge is -2.10. The van der Waals surface area contributed by atoms with Gasteiger partial charge in [-0.2, -0.15) is 0 Å². The third kappa shape index (κ3) is 2.79. The van der Waals surface area contributed by atoms with Crippen molar-refractivity contribution in [3.63, 3.8) is 0 Å². The molecule has 0 radical (unpaired) electrons. The van der Waals surface area contributed by atoms with Crippen LogP contribution in [0.25, 0.3) is 0 Å². The number of hydrogen-bond donors (Lipinski definition) is 0. The van der Waals surface area contributed by atoms with Gasteiger partial charge in [-0.25, -0.2) is 0 Å². The quantitative estimate of drug-likeness (QED) is 0.616. The Morgan fingerprint density at radius 1 is 1.11 bits per heavy atom. The Morgan fingerprint density at radius 3 is 2.28 bits per heavy atom. The summed E-state index contributed by atoms with van der Waals surface area (Å²) in [6.07, 6.45) is 5.46. The molecule has 1 heterocycles. The first-order valence-electron chi connectivity index (χ1n) is 5.80. The smallest absolute Gasteiger partial charge is 0.170 e. The van der Waals surface area contributed by atoms with E-state index < -0.39 is 0 Å². The highest BCUT2D eigenvalue weighted by Gasteiger charge is 2.16. The van der Waals surface area contributed by atoms with Crippen molar-refractivity contribution in [3.05, 3.63) is 59.9 Å². The topological polar surface area (TPSA) is 30.0 Å². The Morgan fingerprint density at radius 2 is 1.72 bits per heavy atom. The zero-order chi connectivity index (χ0) is 13.0. The van der Waals surface area contributed by atoms with Crippen LogP contribution < -0.4 is 0 Å². The predicted molar refractivity (Wildman–Crippen MR) is 75.2 cm³/mol. The van der Waals surface area contributed by atoms with Gasteiger partial charge in [-0.3, -0.25) is 9.78 Å². The molecule has 92 valence electrons. The number of hydrogen-bond acceptors (Lipinski definition) is 3. The highest BCUT2D eigenvalue weighted by atomic mass is 32.2. The Kier molecular flexibility index (Phi) is 4.15. The normalized spacial score (nSPS) is 12.1. The van der Waals surface area contributed by atoms with E-state index in [2.05, 4.69) is 4.98 Å². The fourth-order valence-corrected chi connectivity index (χ4v) is 2.22. The van der Waals surface area contributed by atoms with Gasteiger partial charge in [0.25, 0.3) is 0 Å². The molecule has 2 rings (SSSR count). The molecule has 0 aliphatic rings. The summed E-state index contributed by atoms with van der Waals surface area (Å²) in [4.78, 5) is 17.5. The number of Topliss-reactive ketones (excluding diaryl/α,β-unsaturated/α-hetero) is 1. The maximum Gasteiger partial charge on any atom is 0.170 e. The van der Waals surface area contributed by atoms with Crippen molar-refractivity contribution in [2.24, 2.45) is 0 Å². The molecule has 0 saturated carbocycles. The van der Waals surface area contributed by atoms with E-state index in [0.717, 1.165) is 11.1 Å². The Bertz CT molecular complexity index is 522. The molecule has 0 fully saturated rings. The minimum Gasteiger partial charge on any atom is -0.294 e. The number of carbonyl (C=O) groups is 1. The zero-order valence-corrected chi connectivity index (χ0v) is 11.3. The lowest BCUT2D eigenvalue weighted by atomic mass is 9.93. The Hall–Kier alpha value is -1.61. The van der Waals surface area contributed by atoms with Crippen molar-refractivity contribution in [2.45, 2.75) is 17.7 Å². The SMILES string of the molecule is CSc1ccc(C(=O)C(C)c2ccncc2)cc1. The molecule has 0 amide bonds. The molecular formula is C15H15NOS. The second-order valence-corrected chi connectivity index (χ2v) is 4.97. The van der Waals surface area contributed by atoms with Crippen LogP contribution in [0, 0.1) is 0 Å². The monoisotopic (exact) mass is 257 g/mol. The number of aromatic nitrogens is 1. The van der Waals surface area contributed by atoms with Crippen molar-refractivity contribution in [1.82, 2.24) is 4.98 Å². The molecule has 0 spiro atoms. The van der Waals surface area contributed by atoms with E-state index in [4.69, 9.17) is 0 Å². The van der Waals surface area contributed by atoms with Crippen LogP contribution in [0.3, 0.4) is 0 Å². The van der Waals surface area contributed by atoms with E-state index in [1.54, 1.807) is 24.2 Å². The second-order valence-electron chi connectivity index (χ2n) is 4.09. The van der Waals surface area contributed by atoms with Crippen LogP contribution in [0.4, 0.5) is 0 Å². The highest BCUT2D eigenvalue weighted by Crippen LogP contribution is 2.21. The van der Waals surface area contributed by atoms with E-state index in [0.29, 0.717) is 0 Å². The number of carbonyl (C=O) groups excluding carboxylic acids is 1. The fourth-order valence-electron chi connectivity index (χ4n) is 1.81. The number of nitrogens with zero attached hydrogens (tertiary/aromatic N) is 1. The summed E-state index contributed by atoms with van der Waals surface area (Å²) in [6.45, 7) is 1.93. The molecule has 1 atom stereocenters. The summed E-state index contributed by atoms with van der Waals surface area (Å²) in [5, 5.41) is 0. The molecule has 0 aliphatic heterocycles. The van der Waals surface area contributed by atoms with Crippen LogP contribution in [0.15, 0.2) is 53.7 Å². The van der Waals surface area contributed by atoms with Crippen LogP contribution in [0.5, 0.6) is 0 Å². The Balaban J connectivity index is 2.20. The summed E-state index contributed by atoms with van der Waals surface area (Å²) >= 11 is 1.67. The number of rotatable bonds is 4. The number of benzene rings is 1. The molecule has 3 heteroatoms. The van der Waals surface area contributed by atoms with Gasteiger partial charge < -0.3 is 0 Å². The van der Waals surface area contributed by atoms with Crippen molar-refractivity contribution in [3.8, 4) is 0 Å². The van der Waals surface area contributed by atoms with Crippen LogP contribution in [-0.4, -0.2) is 17.0 Å². The fraction of sp³-hybridized carbons (Fsp3) is 0.200. The third-order valence-electron chi connectivity index (χ3n) is 2.97. The predicted octanol–water partition coefficient (Wildman–Crippen LogP) is 3.79. The summed E-state index contributed by atoms with van der Waals surface area (Å²) in [5.74, 6) is 0.0157. The van der Waals surface area contributed by atoms with Gasteiger partial charge in [-0.05, 0) is 36.1 Å². The number of ketones is 1. The van der Waals surface area contributed by atoms with Crippen LogP contribution in [0.2, 0.25) is 0 Å². The van der Waals surface area contributed by atoms with Crippen molar-refractivity contribution >= 4 is 17.5 Å². The Labute approximate surface area is 111 Å². The van der Waals surface area contributed by atoms with Gasteiger partial charge in [0, 0.05) is 28.8 Å². The van der Waals surface area contributed by atoms with E-state index in [1.807, 2.05) is 49.6 Å². The minimum atomic E-state index is -0.131. The van der Waals surface area contributed by atoms with Crippen LogP contribution in [0.1, 0.15) is 28.8 Å². The average Bonchev–Trinajstić information content (AvgIpc) is 2.47. The molecule has 1 unspecified atom stereocenters. The maximum absolute atomic E-state index is 12.3. The molecular weight excluding hydrogens is 242 g/mol. The summed E-state index contributed by atoms with van der Waals surface area (Å²) in [5.41, 5.74) is 1.76. The van der Waals surface area contributed by atoms with Crippen molar-refractivity contribution < 1.29 is 4.79 Å². The first-order chi connectivity index (χ1) is 8.72. The van der Waals surface area contributed by atoms with E-state index in [1.165, 1.54) is 4.90 Å². The van der Waals surface area contributed by atoms with E-state index in [9.17, 15) is 4.79 Å². The lowest BCUT2D eigenvalue weighted by Crippen LogP contribution is -2.09. The molecule has 2 nitrogen and oxygen atoms in total. The molecule has 0 bridgehead atoms. The number of pyridine rings is 1. The standard InChI is InChI=1S/C15H15NOS/c1-11(12-7-9-16-10-8-12)15(17)13-3-5-14(18-2)6-4-13/h3-11H,1-2H3. The summed E-state index contributed by atoms with van der Waals surface area (Å²) in [7, 11) is 0. The first kappa shape index (κ1) is 12.8. The van der Waals surface area contributed by atoms with Gasteiger partial charge in [0.1, 0.15) is 0 Å². The number of thioether (sulfide) groups is 1. The lowest BCUT2D eigenvalue weighted by molar-refractivity contribution is 0.0966. The first-order valence-corrected chi connectivity index (χ1v) is 7.03. The van der Waals surface area contributed by atoms with Crippen LogP contribution >= 0.6 is 11.8 Å². The van der Waals surface area contributed by atoms with Gasteiger partial charge in [-0.1, -0.05) is 19.1 Å². The summed E-state index contributed by atoms with van der Waals surface area (Å²) < 4.78 is 0. The van der Waals surface area contributed by atoms with Gasteiger partial charge >= 0.3 is 0 Å².